The highest BCUT2D eigenvalue weighted by molar-refractivity contribution is 7.98. The Labute approximate surface area is 111 Å². The van der Waals surface area contributed by atoms with E-state index < -0.39 is 5.97 Å². The maximum atomic E-state index is 11.1. The van der Waals surface area contributed by atoms with Crippen LogP contribution >= 0.6 is 23.4 Å². The van der Waals surface area contributed by atoms with Crippen LogP contribution in [0.15, 0.2) is 24.3 Å². The Balaban J connectivity index is 2.54. The summed E-state index contributed by atoms with van der Waals surface area (Å²) in [5.74, 6) is 0.0223. The molecule has 0 aliphatic rings. The van der Waals surface area contributed by atoms with E-state index in [2.05, 4.69) is 0 Å². The van der Waals surface area contributed by atoms with Gasteiger partial charge in [0.15, 0.2) is 0 Å². The molecule has 1 aromatic carbocycles. The van der Waals surface area contributed by atoms with Crippen molar-refractivity contribution < 1.29 is 9.90 Å². The van der Waals surface area contributed by atoms with Gasteiger partial charge >= 0.3 is 5.97 Å². The van der Waals surface area contributed by atoms with Crippen molar-refractivity contribution in [3.63, 3.8) is 0 Å². The number of thioether (sulfide) groups is 1. The van der Waals surface area contributed by atoms with Gasteiger partial charge in [0.2, 0.25) is 0 Å². The van der Waals surface area contributed by atoms with Gasteiger partial charge in [-0.15, -0.1) is 0 Å². The second-order valence-corrected chi connectivity index (χ2v) is 5.42. The van der Waals surface area contributed by atoms with Gasteiger partial charge in [0, 0.05) is 5.02 Å². The van der Waals surface area contributed by atoms with Gasteiger partial charge in [0.25, 0.3) is 0 Å². The molecule has 1 unspecified atom stereocenters. The number of carboxylic acids is 1. The molecule has 0 saturated carbocycles. The summed E-state index contributed by atoms with van der Waals surface area (Å²) in [5, 5.41) is 9.84. The zero-order valence-corrected chi connectivity index (χ0v) is 11.4. The highest BCUT2D eigenvalue weighted by Gasteiger charge is 2.17. The molecule has 0 aromatic heterocycles. The van der Waals surface area contributed by atoms with E-state index in [4.69, 9.17) is 16.7 Å². The summed E-state index contributed by atoms with van der Waals surface area (Å²) in [6.45, 7) is 0. The van der Waals surface area contributed by atoms with Crippen LogP contribution in [0.5, 0.6) is 0 Å². The molecule has 17 heavy (non-hydrogen) atoms. The molecule has 1 atom stereocenters. The number of benzene rings is 1. The molecule has 0 amide bonds. The molecule has 0 aliphatic carbocycles. The Hall–Kier alpha value is -0.670. The second-order valence-electron chi connectivity index (χ2n) is 4.00. The van der Waals surface area contributed by atoms with Gasteiger partial charge in [-0.1, -0.05) is 23.7 Å². The zero-order chi connectivity index (χ0) is 12.7. The predicted molar refractivity (Wildman–Crippen MR) is 73.9 cm³/mol. The average Bonchev–Trinajstić information content (AvgIpc) is 2.30. The smallest absolute Gasteiger partial charge is 0.306 e. The molecule has 4 heteroatoms. The monoisotopic (exact) mass is 272 g/mol. The van der Waals surface area contributed by atoms with Crippen LogP contribution in [0.1, 0.15) is 18.4 Å². The van der Waals surface area contributed by atoms with Crippen molar-refractivity contribution in [3.8, 4) is 0 Å². The summed E-state index contributed by atoms with van der Waals surface area (Å²) >= 11 is 7.55. The van der Waals surface area contributed by atoms with Crippen molar-refractivity contribution in [2.45, 2.75) is 19.3 Å². The van der Waals surface area contributed by atoms with Crippen LogP contribution in [0.3, 0.4) is 0 Å². The highest BCUT2D eigenvalue weighted by atomic mass is 35.5. The highest BCUT2D eigenvalue weighted by Crippen LogP contribution is 2.18. The first kappa shape index (κ1) is 14.4. The van der Waals surface area contributed by atoms with Gasteiger partial charge in [-0.3, -0.25) is 4.79 Å². The third-order valence-electron chi connectivity index (χ3n) is 2.65. The Kier molecular flexibility index (Phi) is 6.45. The lowest BCUT2D eigenvalue weighted by Crippen LogP contribution is -2.16. The molecule has 0 saturated heterocycles. The van der Waals surface area contributed by atoms with Gasteiger partial charge in [0.1, 0.15) is 0 Å². The summed E-state index contributed by atoms with van der Waals surface area (Å²) in [6.07, 6.45) is 4.31. The van der Waals surface area contributed by atoms with Crippen molar-refractivity contribution >= 4 is 29.3 Å². The topological polar surface area (TPSA) is 37.3 Å². The molecule has 0 heterocycles. The number of hydrogen-bond donors (Lipinski definition) is 1. The third-order valence-corrected chi connectivity index (χ3v) is 3.59. The number of hydrogen-bond acceptors (Lipinski definition) is 2. The maximum absolute atomic E-state index is 11.1. The Bertz CT molecular complexity index is 351. The van der Waals surface area contributed by atoms with Crippen molar-refractivity contribution in [2.24, 2.45) is 5.92 Å². The molecule has 0 spiro atoms. The van der Waals surface area contributed by atoms with E-state index in [9.17, 15) is 4.79 Å². The fourth-order valence-electron chi connectivity index (χ4n) is 1.69. The zero-order valence-electron chi connectivity index (χ0n) is 9.86. The molecule has 0 radical (unpaired) electrons. The van der Waals surface area contributed by atoms with E-state index in [-0.39, 0.29) is 5.92 Å². The van der Waals surface area contributed by atoms with Gasteiger partial charge in [-0.25, -0.2) is 0 Å². The summed E-state index contributed by atoms with van der Waals surface area (Å²) in [4.78, 5) is 11.1. The van der Waals surface area contributed by atoms with E-state index in [1.165, 1.54) is 0 Å². The minimum absolute atomic E-state index is 0.289. The minimum Gasteiger partial charge on any atom is -0.481 e. The van der Waals surface area contributed by atoms with E-state index in [0.717, 1.165) is 24.2 Å². The first-order valence-corrected chi connectivity index (χ1v) is 7.37. The first-order chi connectivity index (χ1) is 8.13. The Morgan fingerprint density at radius 3 is 2.59 bits per heavy atom. The lowest BCUT2D eigenvalue weighted by atomic mass is 9.95. The Morgan fingerprint density at radius 1 is 1.41 bits per heavy atom. The molecule has 0 bridgehead atoms. The normalized spacial score (nSPS) is 12.4. The summed E-state index contributed by atoms with van der Waals surface area (Å²) in [6, 6.07) is 7.40. The number of carboxylic acid groups (broad SMARTS) is 1. The quantitative estimate of drug-likeness (QED) is 0.769. The first-order valence-electron chi connectivity index (χ1n) is 5.59. The van der Waals surface area contributed by atoms with E-state index in [1.54, 1.807) is 23.9 Å². The molecule has 94 valence electrons. The minimum atomic E-state index is -0.707. The van der Waals surface area contributed by atoms with Crippen LogP contribution < -0.4 is 0 Å². The number of carbonyl (C=O) groups is 1. The summed E-state index contributed by atoms with van der Waals surface area (Å²) < 4.78 is 0. The van der Waals surface area contributed by atoms with E-state index >= 15 is 0 Å². The molecule has 1 N–H and O–H groups in total. The summed E-state index contributed by atoms with van der Waals surface area (Å²) in [7, 11) is 0. The lowest BCUT2D eigenvalue weighted by molar-refractivity contribution is -0.141. The number of halogens is 1. The molecular formula is C13H17ClO2S. The van der Waals surface area contributed by atoms with Crippen LogP contribution in [0.2, 0.25) is 5.02 Å². The molecule has 1 rings (SSSR count). The SMILES string of the molecule is CSCCCC(Cc1ccc(Cl)cc1)C(=O)O. The van der Waals surface area contributed by atoms with Gasteiger partial charge in [-0.05, 0) is 49.0 Å². The van der Waals surface area contributed by atoms with Crippen LogP contribution in [-0.4, -0.2) is 23.1 Å². The van der Waals surface area contributed by atoms with Crippen molar-refractivity contribution in [1.82, 2.24) is 0 Å². The van der Waals surface area contributed by atoms with Crippen molar-refractivity contribution in [1.29, 1.82) is 0 Å². The van der Waals surface area contributed by atoms with Gasteiger partial charge in [-0.2, -0.15) is 11.8 Å². The van der Waals surface area contributed by atoms with Crippen LogP contribution in [-0.2, 0) is 11.2 Å². The summed E-state index contributed by atoms with van der Waals surface area (Å²) in [5.41, 5.74) is 1.03. The Morgan fingerprint density at radius 2 is 2.06 bits per heavy atom. The predicted octanol–water partition coefficient (Wildman–Crippen LogP) is 3.73. The molecule has 0 fully saturated rings. The fourth-order valence-corrected chi connectivity index (χ4v) is 2.27. The third kappa shape index (κ3) is 5.46. The van der Waals surface area contributed by atoms with Gasteiger partial charge < -0.3 is 5.11 Å². The van der Waals surface area contributed by atoms with Crippen LogP contribution in [0.25, 0.3) is 0 Å². The molecular weight excluding hydrogens is 256 g/mol. The number of aliphatic carboxylic acids is 1. The molecule has 0 aliphatic heterocycles. The largest absolute Gasteiger partial charge is 0.481 e. The van der Waals surface area contributed by atoms with Gasteiger partial charge in [0.05, 0.1) is 5.92 Å². The molecule has 1 aromatic rings. The van der Waals surface area contributed by atoms with Crippen LogP contribution in [0.4, 0.5) is 0 Å². The maximum Gasteiger partial charge on any atom is 0.306 e. The van der Waals surface area contributed by atoms with E-state index in [1.807, 2.05) is 18.4 Å². The van der Waals surface area contributed by atoms with Crippen molar-refractivity contribution in [2.75, 3.05) is 12.0 Å². The molecule has 2 nitrogen and oxygen atoms in total. The van der Waals surface area contributed by atoms with E-state index in [0.29, 0.717) is 11.4 Å². The van der Waals surface area contributed by atoms with Crippen LogP contribution in [0, 0.1) is 5.92 Å². The fraction of sp³-hybridized carbons (Fsp3) is 0.462. The standard InChI is InChI=1S/C13H17ClO2S/c1-17-8-2-3-11(13(15)16)9-10-4-6-12(14)7-5-10/h4-7,11H,2-3,8-9H2,1H3,(H,15,16). The lowest BCUT2D eigenvalue weighted by Gasteiger charge is -2.12. The second kappa shape index (κ2) is 7.62. The average molecular weight is 273 g/mol. The number of rotatable bonds is 7. The van der Waals surface area contributed by atoms with Crippen molar-refractivity contribution in [3.05, 3.63) is 34.9 Å².